The van der Waals surface area contributed by atoms with Crippen LogP contribution in [-0.2, 0) is 7.05 Å². The summed E-state index contributed by atoms with van der Waals surface area (Å²) in [5, 5.41) is 6.62. The second-order valence-electron chi connectivity index (χ2n) is 6.77. The van der Waals surface area contributed by atoms with Crippen LogP contribution in [0.25, 0.3) is 0 Å². The van der Waals surface area contributed by atoms with Gasteiger partial charge in [0.15, 0.2) is 5.16 Å². The van der Waals surface area contributed by atoms with E-state index < -0.39 is 0 Å². The van der Waals surface area contributed by atoms with Crippen molar-refractivity contribution in [3.63, 3.8) is 0 Å². The number of para-hydroxylation sites is 1. The number of carbonyl (C=O) groups excluding carboxylic acids is 2. The van der Waals surface area contributed by atoms with Crippen molar-refractivity contribution < 1.29 is 9.59 Å². The van der Waals surface area contributed by atoms with E-state index in [9.17, 15) is 9.59 Å². The van der Waals surface area contributed by atoms with Crippen molar-refractivity contribution in [3.05, 3.63) is 102 Å². The van der Waals surface area contributed by atoms with Crippen molar-refractivity contribution in [2.45, 2.75) is 10.1 Å². The Morgan fingerprint density at radius 3 is 2.16 bits per heavy atom. The Morgan fingerprint density at radius 1 is 0.806 bits per heavy atom. The van der Waals surface area contributed by atoms with E-state index in [1.165, 1.54) is 11.8 Å². The maximum absolute atomic E-state index is 12.8. The van der Waals surface area contributed by atoms with Crippen molar-refractivity contribution >= 4 is 35.0 Å². The van der Waals surface area contributed by atoms with Gasteiger partial charge in [-0.2, -0.15) is 0 Å². The van der Waals surface area contributed by atoms with Crippen LogP contribution in [0.2, 0.25) is 0 Å². The van der Waals surface area contributed by atoms with Gasteiger partial charge in [0.05, 0.1) is 5.69 Å². The van der Waals surface area contributed by atoms with E-state index in [0.29, 0.717) is 22.5 Å². The van der Waals surface area contributed by atoms with E-state index in [2.05, 4.69) is 15.6 Å². The molecule has 4 rings (SSSR count). The van der Waals surface area contributed by atoms with Crippen LogP contribution in [0.3, 0.4) is 0 Å². The van der Waals surface area contributed by atoms with Gasteiger partial charge in [0.2, 0.25) is 0 Å². The monoisotopic (exact) mass is 428 g/mol. The SMILES string of the molecule is Cn1ccnc1Sc1ccccc1NC(=O)c1ccc(NC(=O)c2ccccc2)cc1. The zero-order chi connectivity index (χ0) is 21.6. The lowest BCUT2D eigenvalue weighted by Crippen LogP contribution is -2.14. The Labute approximate surface area is 184 Å². The summed E-state index contributed by atoms with van der Waals surface area (Å²) in [6, 6.07) is 23.4. The summed E-state index contributed by atoms with van der Waals surface area (Å²) in [5.41, 5.74) is 2.40. The van der Waals surface area contributed by atoms with Crippen LogP contribution in [0.15, 0.2) is 101 Å². The quantitative estimate of drug-likeness (QED) is 0.449. The normalized spacial score (nSPS) is 10.5. The maximum atomic E-state index is 12.8. The second-order valence-corrected chi connectivity index (χ2v) is 7.78. The molecular formula is C24H20N4O2S. The average Bonchev–Trinajstić information content (AvgIpc) is 3.20. The zero-order valence-electron chi connectivity index (χ0n) is 16.8. The molecule has 31 heavy (non-hydrogen) atoms. The average molecular weight is 429 g/mol. The minimum absolute atomic E-state index is 0.196. The second kappa shape index (κ2) is 9.32. The highest BCUT2D eigenvalue weighted by atomic mass is 32.2. The van der Waals surface area contributed by atoms with Gasteiger partial charge in [-0.05, 0) is 60.3 Å². The van der Waals surface area contributed by atoms with Crippen LogP contribution < -0.4 is 10.6 Å². The van der Waals surface area contributed by atoms with E-state index in [-0.39, 0.29) is 11.8 Å². The molecule has 0 aliphatic heterocycles. The molecule has 7 heteroatoms. The Balaban J connectivity index is 1.44. The van der Waals surface area contributed by atoms with Gasteiger partial charge in [-0.3, -0.25) is 9.59 Å². The minimum atomic E-state index is -0.228. The molecule has 0 fully saturated rings. The number of benzene rings is 3. The molecule has 0 bridgehead atoms. The summed E-state index contributed by atoms with van der Waals surface area (Å²) < 4.78 is 1.92. The van der Waals surface area contributed by atoms with Crippen molar-refractivity contribution in [2.24, 2.45) is 7.05 Å². The Hall–Kier alpha value is -3.84. The van der Waals surface area contributed by atoms with Gasteiger partial charge in [0.1, 0.15) is 0 Å². The molecule has 0 aliphatic rings. The molecule has 0 saturated carbocycles. The molecule has 1 aromatic heterocycles. The number of hydrogen-bond donors (Lipinski definition) is 2. The number of rotatable bonds is 6. The lowest BCUT2D eigenvalue weighted by Gasteiger charge is -2.11. The fraction of sp³-hybridized carbons (Fsp3) is 0.0417. The van der Waals surface area contributed by atoms with E-state index in [1.54, 1.807) is 42.6 Å². The third kappa shape index (κ3) is 5.02. The molecule has 2 amide bonds. The van der Waals surface area contributed by atoms with Crippen LogP contribution in [-0.4, -0.2) is 21.4 Å². The first-order valence-electron chi connectivity index (χ1n) is 9.62. The maximum Gasteiger partial charge on any atom is 0.255 e. The number of nitrogens with zero attached hydrogens (tertiary/aromatic N) is 2. The third-order valence-electron chi connectivity index (χ3n) is 4.55. The highest BCUT2D eigenvalue weighted by molar-refractivity contribution is 7.99. The van der Waals surface area contributed by atoms with Crippen LogP contribution in [0.4, 0.5) is 11.4 Å². The van der Waals surface area contributed by atoms with Gasteiger partial charge in [-0.25, -0.2) is 4.98 Å². The van der Waals surface area contributed by atoms with Crippen molar-refractivity contribution in [2.75, 3.05) is 10.6 Å². The Kier molecular flexibility index (Phi) is 6.14. The minimum Gasteiger partial charge on any atom is -0.329 e. The number of hydrogen-bond acceptors (Lipinski definition) is 4. The third-order valence-corrected chi connectivity index (χ3v) is 5.71. The summed E-state index contributed by atoms with van der Waals surface area (Å²) in [7, 11) is 1.93. The topological polar surface area (TPSA) is 76.0 Å². The molecule has 2 N–H and O–H groups in total. The summed E-state index contributed by atoms with van der Waals surface area (Å²) in [4.78, 5) is 30.3. The summed E-state index contributed by atoms with van der Waals surface area (Å²) in [5.74, 6) is -0.424. The van der Waals surface area contributed by atoms with Crippen molar-refractivity contribution in [1.82, 2.24) is 9.55 Å². The van der Waals surface area contributed by atoms with Gasteiger partial charge >= 0.3 is 0 Å². The molecule has 0 atom stereocenters. The molecule has 0 aliphatic carbocycles. The summed E-state index contributed by atoms with van der Waals surface area (Å²) in [6.45, 7) is 0. The van der Waals surface area contributed by atoms with Crippen LogP contribution >= 0.6 is 11.8 Å². The van der Waals surface area contributed by atoms with Crippen LogP contribution in [0.5, 0.6) is 0 Å². The fourth-order valence-corrected chi connectivity index (χ4v) is 3.79. The van der Waals surface area contributed by atoms with Gasteiger partial charge in [-0.1, -0.05) is 30.3 Å². The molecule has 0 spiro atoms. The predicted octanol–water partition coefficient (Wildman–Crippen LogP) is 5.08. The van der Waals surface area contributed by atoms with E-state index in [0.717, 1.165) is 10.1 Å². The Morgan fingerprint density at radius 2 is 1.45 bits per heavy atom. The summed E-state index contributed by atoms with van der Waals surface area (Å²) >= 11 is 1.48. The van der Waals surface area contributed by atoms with Gasteiger partial charge < -0.3 is 15.2 Å². The number of aryl methyl sites for hydroxylation is 1. The molecule has 6 nitrogen and oxygen atoms in total. The number of amides is 2. The first kappa shape index (κ1) is 20.4. The van der Waals surface area contributed by atoms with Gasteiger partial charge in [0.25, 0.3) is 11.8 Å². The van der Waals surface area contributed by atoms with Gasteiger partial charge in [0, 0.05) is 41.2 Å². The number of imidazole rings is 1. The highest BCUT2D eigenvalue weighted by Gasteiger charge is 2.12. The number of aromatic nitrogens is 2. The Bertz CT molecular complexity index is 1200. The fourth-order valence-electron chi connectivity index (χ4n) is 2.90. The standard InChI is InChI=1S/C24H20N4O2S/c1-28-16-15-25-24(28)31-21-10-6-5-9-20(21)27-23(30)18-11-13-19(14-12-18)26-22(29)17-7-3-2-4-8-17/h2-16H,1H3,(H,26,29)(H,27,30). The molecule has 3 aromatic carbocycles. The van der Waals surface area contributed by atoms with Crippen LogP contribution in [0.1, 0.15) is 20.7 Å². The molecular weight excluding hydrogens is 408 g/mol. The number of carbonyl (C=O) groups is 2. The molecule has 1 heterocycles. The van der Waals surface area contributed by atoms with Crippen molar-refractivity contribution in [3.8, 4) is 0 Å². The predicted molar refractivity (Wildman–Crippen MR) is 123 cm³/mol. The highest BCUT2D eigenvalue weighted by Crippen LogP contribution is 2.32. The van der Waals surface area contributed by atoms with Gasteiger partial charge in [-0.15, -0.1) is 0 Å². The molecule has 4 aromatic rings. The van der Waals surface area contributed by atoms with Crippen molar-refractivity contribution in [1.29, 1.82) is 0 Å². The molecule has 0 unspecified atom stereocenters. The van der Waals surface area contributed by atoms with Crippen LogP contribution in [0, 0.1) is 0 Å². The number of nitrogens with one attached hydrogen (secondary N) is 2. The zero-order valence-corrected chi connectivity index (χ0v) is 17.6. The molecule has 154 valence electrons. The lowest BCUT2D eigenvalue weighted by atomic mass is 10.1. The van der Waals surface area contributed by atoms with E-state index in [4.69, 9.17) is 0 Å². The number of anilines is 2. The first-order chi connectivity index (χ1) is 15.1. The smallest absolute Gasteiger partial charge is 0.255 e. The first-order valence-corrected chi connectivity index (χ1v) is 10.4. The largest absolute Gasteiger partial charge is 0.329 e. The lowest BCUT2D eigenvalue weighted by molar-refractivity contribution is 0.101. The molecule has 0 saturated heterocycles. The van der Waals surface area contributed by atoms with E-state index >= 15 is 0 Å². The molecule has 0 radical (unpaired) electrons. The summed E-state index contributed by atoms with van der Waals surface area (Å²) in [6.07, 6.45) is 3.61. The van der Waals surface area contributed by atoms with E-state index in [1.807, 2.05) is 60.3 Å².